The topological polar surface area (TPSA) is 72.2 Å². The lowest BCUT2D eigenvalue weighted by Crippen LogP contribution is -2.21. The molecule has 0 fully saturated rings. The maximum Gasteiger partial charge on any atom is 0.229 e. The van der Waals surface area contributed by atoms with Gasteiger partial charge in [0.25, 0.3) is 0 Å². The number of nitrogens with one attached hydrogen (secondary N) is 1. The number of aromatic nitrogens is 1. The molecular formula is C26H22Cl2N2O3. The fraction of sp³-hybridized carbons (Fsp3) is 0.192. The minimum absolute atomic E-state index is 0.0681. The Kier molecular flexibility index (Phi) is 6.04. The van der Waals surface area contributed by atoms with Crippen molar-refractivity contribution in [3.8, 4) is 22.4 Å². The molecular weight excluding hydrogens is 459 g/mol. The normalized spacial score (nSPS) is 11.6. The number of ketones is 1. The predicted molar refractivity (Wildman–Crippen MR) is 133 cm³/mol. The number of anilines is 1. The summed E-state index contributed by atoms with van der Waals surface area (Å²) >= 11 is 12.6. The van der Waals surface area contributed by atoms with Crippen LogP contribution in [0.25, 0.3) is 33.5 Å². The van der Waals surface area contributed by atoms with E-state index in [1.165, 1.54) is 6.92 Å². The molecule has 0 atom stereocenters. The van der Waals surface area contributed by atoms with Gasteiger partial charge in [0, 0.05) is 33.5 Å². The van der Waals surface area contributed by atoms with Crippen molar-refractivity contribution >= 4 is 51.7 Å². The number of Topliss-reactive ketones (excluding diaryl/α,β-unsaturated/α-hetero) is 1. The summed E-state index contributed by atoms with van der Waals surface area (Å²) < 4.78 is 5.96. The van der Waals surface area contributed by atoms with Crippen LogP contribution in [0.2, 0.25) is 10.0 Å². The number of rotatable bonds is 4. The van der Waals surface area contributed by atoms with E-state index in [9.17, 15) is 9.59 Å². The number of amides is 1. The summed E-state index contributed by atoms with van der Waals surface area (Å²) in [6.45, 7) is 6.77. The molecule has 4 rings (SSSR count). The molecule has 2 heterocycles. The number of hydrogen-bond donors (Lipinski definition) is 1. The molecule has 0 radical (unpaired) electrons. The number of halogens is 2. The fourth-order valence-corrected chi connectivity index (χ4v) is 3.88. The quantitative estimate of drug-likeness (QED) is 0.304. The molecule has 0 unspecified atom stereocenters. The second-order valence-corrected chi connectivity index (χ2v) is 9.63. The zero-order valence-corrected chi connectivity index (χ0v) is 20.1. The standard InChI is InChI=1S/C26H22Cl2N2O3/c1-14(31)29-22-19-13-18(15-9-11-16(27)12-10-15)21(17-7-5-6-8-20(17)28)30-25(19)33-23(22)24(32)26(2,3)4/h5-13H,1-4H3,(H,29,31). The zero-order chi connectivity index (χ0) is 23.9. The first kappa shape index (κ1) is 23.0. The van der Waals surface area contributed by atoms with Crippen LogP contribution in [0, 0.1) is 5.41 Å². The minimum atomic E-state index is -0.717. The largest absolute Gasteiger partial charge is 0.432 e. The van der Waals surface area contributed by atoms with Gasteiger partial charge >= 0.3 is 0 Å². The smallest absolute Gasteiger partial charge is 0.229 e. The van der Waals surface area contributed by atoms with E-state index < -0.39 is 5.41 Å². The molecule has 33 heavy (non-hydrogen) atoms. The van der Waals surface area contributed by atoms with E-state index >= 15 is 0 Å². The molecule has 0 aliphatic carbocycles. The Labute approximate surface area is 201 Å². The Balaban J connectivity index is 2.08. The van der Waals surface area contributed by atoms with Crippen LogP contribution < -0.4 is 5.32 Å². The van der Waals surface area contributed by atoms with E-state index in [1.807, 2.05) is 36.4 Å². The van der Waals surface area contributed by atoms with Crippen molar-refractivity contribution in [1.82, 2.24) is 4.98 Å². The van der Waals surface area contributed by atoms with Gasteiger partial charge in [-0.1, -0.05) is 74.3 Å². The van der Waals surface area contributed by atoms with Gasteiger partial charge in [0.1, 0.15) is 5.69 Å². The van der Waals surface area contributed by atoms with Gasteiger partial charge in [0.05, 0.1) is 11.1 Å². The molecule has 1 amide bonds. The van der Waals surface area contributed by atoms with Crippen molar-refractivity contribution in [2.75, 3.05) is 5.32 Å². The lowest BCUT2D eigenvalue weighted by atomic mass is 9.89. The Hall–Kier alpha value is -3.15. The van der Waals surface area contributed by atoms with Crippen molar-refractivity contribution in [2.24, 2.45) is 5.41 Å². The third-order valence-electron chi connectivity index (χ3n) is 5.16. The van der Waals surface area contributed by atoms with Gasteiger partial charge in [-0.3, -0.25) is 9.59 Å². The van der Waals surface area contributed by atoms with Crippen LogP contribution >= 0.6 is 23.2 Å². The Morgan fingerprint density at radius 3 is 2.24 bits per heavy atom. The van der Waals surface area contributed by atoms with Gasteiger partial charge in [-0.15, -0.1) is 0 Å². The third kappa shape index (κ3) is 4.52. The number of furan rings is 1. The van der Waals surface area contributed by atoms with Crippen LogP contribution in [0.3, 0.4) is 0 Å². The van der Waals surface area contributed by atoms with Gasteiger partial charge in [-0.05, 0) is 29.8 Å². The SMILES string of the molecule is CC(=O)Nc1c(C(=O)C(C)(C)C)oc2nc(-c3ccccc3Cl)c(-c3ccc(Cl)cc3)cc12. The maximum absolute atomic E-state index is 13.1. The van der Waals surface area contributed by atoms with Crippen LogP contribution in [0.5, 0.6) is 0 Å². The van der Waals surface area contributed by atoms with E-state index in [4.69, 9.17) is 32.6 Å². The molecule has 0 saturated heterocycles. The average Bonchev–Trinajstić information content (AvgIpc) is 3.09. The number of hydrogen-bond acceptors (Lipinski definition) is 4. The zero-order valence-electron chi connectivity index (χ0n) is 18.6. The van der Waals surface area contributed by atoms with Crippen molar-refractivity contribution in [3.63, 3.8) is 0 Å². The summed E-state index contributed by atoms with van der Waals surface area (Å²) in [5, 5.41) is 4.42. The third-order valence-corrected chi connectivity index (χ3v) is 5.74. The van der Waals surface area contributed by atoms with Gasteiger partial charge in [0.2, 0.25) is 17.4 Å². The summed E-state index contributed by atoms with van der Waals surface area (Å²) in [6.07, 6.45) is 0. The average molecular weight is 481 g/mol. The minimum Gasteiger partial charge on any atom is -0.432 e. The van der Waals surface area contributed by atoms with Crippen molar-refractivity contribution in [3.05, 3.63) is 70.4 Å². The summed E-state index contributed by atoms with van der Waals surface area (Å²) in [4.78, 5) is 29.9. The van der Waals surface area contributed by atoms with Crippen LogP contribution in [0.1, 0.15) is 38.2 Å². The van der Waals surface area contributed by atoms with Crippen molar-refractivity contribution < 1.29 is 14.0 Å². The highest BCUT2D eigenvalue weighted by Gasteiger charge is 2.31. The van der Waals surface area contributed by atoms with Crippen molar-refractivity contribution in [2.45, 2.75) is 27.7 Å². The van der Waals surface area contributed by atoms with E-state index in [0.717, 1.165) is 11.1 Å². The monoisotopic (exact) mass is 480 g/mol. The Morgan fingerprint density at radius 1 is 0.970 bits per heavy atom. The molecule has 0 spiro atoms. The molecule has 5 nitrogen and oxygen atoms in total. The number of nitrogens with zero attached hydrogens (tertiary/aromatic N) is 1. The number of carbonyl (C=O) groups is 2. The molecule has 1 N–H and O–H groups in total. The van der Waals surface area contributed by atoms with Crippen LogP contribution in [0.4, 0.5) is 5.69 Å². The molecule has 2 aromatic carbocycles. The summed E-state index contributed by atoms with van der Waals surface area (Å²) in [7, 11) is 0. The first-order valence-corrected chi connectivity index (χ1v) is 11.1. The molecule has 0 bridgehead atoms. The summed E-state index contributed by atoms with van der Waals surface area (Å²) in [5.41, 5.74) is 2.74. The van der Waals surface area contributed by atoms with Gasteiger partial charge < -0.3 is 9.73 Å². The molecule has 0 aliphatic heterocycles. The molecule has 0 aliphatic rings. The van der Waals surface area contributed by atoms with E-state index in [-0.39, 0.29) is 23.2 Å². The van der Waals surface area contributed by atoms with Gasteiger partial charge in [0.15, 0.2) is 5.76 Å². The molecule has 7 heteroatoms. The van der Waals surface area contributed by atoms with Crippen LogP contribution in [-0.4, -0.2) is 16.7 Å². The highest BCUT2D eigenvalue weighted by Crippen LogP contribution is 2.41. The predicted octanol–water partition coefficient (Wildman–Crippen LogP) is 7.66. The van der Waals surface area contributed by atoms with E-state index in [1.54, 1.807) is 39.0 Å². The number of pyridine rings is 1. The summed E-state index contributed by atoms with van der Waals surface area (Å²) in [6, 6.07) is 16.6. The Bertz CT molecular complexity index is 1380. The lowest BCUT2D eigenvalue weighted by Gasteiger charge is -2.15. The molecule has 4 aromatic rings. The Morgan fingerprint density at radius 2 is 1.64 bits per heavy atom. The number of carbonyl (C=O) groups excluding carboxylic acids is 2. The first-order valence-electron chi connectivity index (χ1n) is 10.4. The van der Waals surface area contributed by atoms with Gasteiger partial charge in [-0.2, -0.15) is 0 Å². The second kappa shape index (κ2) is 8.65. The van der Waals surface area contributed by atoms with Crippen LogP contribution in [-0.2, 0) is 4.79 Å². The van der Waals surface area contributed by atoms with Crippen molar-refractivity contribution in [1.29, 1.82) is 0 Å². The first-order chi connectivity index (χ1) is 15.6. The van der Waals surface area contributed by atoms with Crippen LogP contribution in [0.15, 0.2) is 59.0 Å². The van der Waals surface area contributed by atoms with Gasteiger partial charge in [-0.25, -0.2) is 4.98 Å². The van der Waals surface area contributed by atoms with E-state index in [2.05, 4.69) is 5.32 Å². The number of benzene rings is 2. The molecule has 0 saturated carbocycles. The lowest BCUT2D eigenvalue weighted by molar-refractivity contribution is -0.114. The maximum atomic E-state index is 13.1. The fourth-order valence-electron chi connectivity index (χ4n) is 3.53. The summed E-state index contributed by atoms with van der Waals surface area (Å²) in [5.74, 6) is -0.487. The highest BCUT2D eigenvalue weighted by atomic mass is 35.5. The molecule has 2 aromatic heterocycles. The number of fused-ring (bicyclic) bond motifs is 1. The highest BCUT2D eigenvalue weighted by molar-refractivity contribution is 6.33. The van der Waals surface area contributed by atoms with E-state index in [0.29, 0.717) is 32.4 Å². The molecule has 168 valence electrons. The second-order valence-electron chi connectivity index (χ2n) is 8.79.